The predicted octanol–water partition coefficient (Wildman–Crippen LogP) is 2.28. The zero-order valence-electron chi connectivity index (χ0n) is 12.6. The summed E-state index contributed by atoms with van der Waals surface area (Å²) in [7, 11) is 3.15. The largest absolute Gasteiger partial charge is 0.497 e. The number of carbonyl (C=O) groups is 1. The van der Waals surface area contributed by atoms with Crippen molar-refractivity contribution in [2.45, 2.75) is 6.92 Å². The van der Waals surface area contributed by atoms with Crippen LogP contribution in [0.1, 0.15) is 15.4 Å². The number of esters is 1. The summed E-state index contributed by atoms with van der Waals surface area (Å²) in [6.07, 6.45) is 0. The molecule has 0 spiro atoms. The second-order valence-corrected chi connectivity index (χ2v) is 5.39. The lowest BCUT2D eigenvalue weighted by Gasteiger charge is -2.06. The second kappa shape index (κ2) is 7.24. The summed E-state index contributed by atoms with van der Waals surface area (Å²) in [5.41, 5.74) is 1.38. The number of methoxy groups -OCH3 is 2. The van der Waals surface area contributed by atoms with Crippen LogP contribution in [-0.4, -0.2) is 43.5 Å². The third-order valence-electron chi connectivity index (χ3n) is 2.90. The zero-order chi connectivity index (χ0) is 16.1. The topological polar surface area (TPSA) is 77.9 Å². The van der Waals surface area contributed by atoms with E-state index in [9.17, 15) is 4.79 Å². The van der Waals surface area contributed by atoms with E-state index in [2.05, 4.69) is 4.98 Å². The summed E-state index contributed by atoms with van der Waals surface area (Å²) in [5, 5.41) is 9.38. The smallest absolute Gasteiger partial charge is 0.350 e. The van der Waals surface area contributed by atoms with Gasteiger partial charge in [-0.25, -0.2) is 9.78 Å². The van der Waals surface area contributed by atoms with Crippen LogP contribution in [0.3, 0.4) is 0 Å². The van der Waals surface area contributed by atoms with Gasteiger partial charge in [0.1, 0.15) is 28.0 Å². The molecule has 0 unspecified atom stereocenters. The van der Waals surface area contributed by atoms with Gasteiger partial charge in [-0.15, -0.1) is 11.3 Å². The standard InChI is InChI=1S/C15H17NO5S/c1-9-13(15(18)21-5-4-17)22-14(16-9)10-6-11(19-2)8-12(7-10)20-3/h6-8,17H,4-5H2,1-3H3. The Morgan fingerprint density at radius 3 is 2.41 bits per heavy atom. The van der Waals surface area contributed by atoms with Crippen molar-refractivity contribution >= 4 is 17.3 Å². The number of benzene rings is 1. The van der Waals surface area contributed by atoms with Crippen molar-refractivity contribution < 1.29 is 24.1 Å². The fraction of sp³-hybridized carbons (Fsp3) is 0.333. The molecule has 0 aliphatic carbocycles. The molecular weight excluding hydrogens is 306 g/mol. The van der Waals surface area contributed by atoms with Crippen molar-refractivity contribution in [2.24, 2.45) is 0 Å². The summed E-state index contributed by atoms with van der Waals surface area (Å²) in [5.74, 6) is 0.809. The molecule has 0 bridgehead atoms. The van der Waals surface area contributed by atoms with E-state index < -0.39 is 5.97 Å². The number of carbonyl (C=O) groups excluding carboxylic acids is 1. The van der Waals surface area contributed by atoms with Crippen LogP contribution in [0, 0.1) is 6.92 Å². The van der Waals surface area contributed by atoms with Crippen molar-refractivity contribution in [1.29, 1.82) is 0 Å². The molecule has 0 saturated heterocycles. The first-order chi connectivity index (χ1) is 10.6. The van der Waals surface area contributed by atoms with Gasteiger partial charge < -0.3 is 19.3 Å². The summed E-state index contributed by atoms with van der Waals surface area (Å²) in [6, 6.07) is 5.41. The molecule has 1 heterocycles. The Hall–Kier alpha value is -2.12. The number of aliphatic hydroxyl groups is 1. The Labute approximate surface area is 132 Å². The van der Waals surface area contributed by atoms with Gasteiger partial charge in [-0.1, -0.05) is 0 Å². The molecule has 1 aromatic carbocycles. The van der Waals surface area contributed by atoms with Crippen LogP contribution in [-0.2, 0) is 4.74 Å². The van der Waals surface area contributed by atoms with Gasteiger partial charge in [0.25, 0.3) is 0 Å². The van der Waals surface area contributed by atoms with E-state index >= 15 is 0 Å². The van der Waals surface area contributed by atoms with Gasteiger partial charge in [-0.05, 0) is 19.1 Å². The third-order valence-corrected chi connectivity index (χ3v) is 4.09. The number of hydrogen-bond acceptors (Lipinski definition) is 7. The van der Waals surface area contributed by atoms with Crippen LogP contribution in [0.4, 0.5) is 0 Å². The average Bonchev–Trinajstić information content (AvgIpc) is 2.94. The second-order valence-electron chi connectivity index (χ2n) is 4.39. The monoisotopic (exact) mass is 323 g/mol. The lowest BCUT2D eigenvalue weighted by molar-refractivity contribution is 0.0438. The summed E-state index contributed by atoms with van der Waals surface area (Å²) < 4.78 is 15.4. The summed E-state index contributed by atoms with van der Waals surface area (Å²) in [6.45, 7) is 1.51. The molecule has 2 aromatic rings. The molecule has 1 N–H and O–H groups in total. The number of aromatic nitrogens is 1. The molecule has 6 nitrogen and oxygen atoms in total. The minimum Gasteiger partial charge on any atom is -0.497 e. The average molecular weight is 323 g/mol. The Bertz CT molecular complexity index is 646. The highest BCUT2D eigenvalue weighted by Gasteiger charge is 2.18. The fourth-order valence-corrected chi connectivity index (χ4v) is 2.79. The molecule has 0 radical (unpaired) electrons. The van der Waals surface area contributed by atoms with E-state index in [1.807, 2.05) is 12.1 Å². The Balaban J connectivity index is 2.36. The van der Waals surface area contributed by atoms with Crippen molar-refractivity contribution in [3.8, 4) is 22.1 Å². The van der Waals surface area contributed by atoms with Crippen LogP contribution in [0.2, 0.25) is 0 Å². The summed E-state index contributed by atoms with van der Waals surface area (Å²) in [4.78, 5) is 16.7. The van der Waals surface area contributed by atoms with Crippen molar-refractivity contribution in [1.82, 2.24) is 4.98 Å². The third kappa shape index (κ3) is 3.55. The van der Waals surface area contributed by atoms with Crippen LogP contribution >= 0.6 is 11.3 Å². The molecule has 22 heavy (non-hydrogen) atoms. The number of thiazole rings is 1. The maximum Gasteiger partial charge on any atom is 0.350 e. The van der Waals surface area contributed by atoms with E-state index in [0.717, 1.165) is 5.56 Å². The zero-order valence-corrected chi connectivity index (χ0v) is 13.4. The molecule has 0 atom stereocenters. The minimum atomic E-state index is -0.481. The highest BCUT2D eigenvalue weighted by Crippen LogP contribution is 2.33. The highest BCUT2D eigenvalue weighted by molar-refractivity contribution is 7.17. The van der Waals surface area contributed by atoms with Gasteiger partial charge >= 0.3 is 5.97 Å². The predicted molar refractivity (Wildman–Crippen MR) is 82.8 cm³/mol. The van der Waals surface area contributed by atoms with Gasteiger partial charge in [0.2, 0.25) is 0 Å². The van der Waals surface area contributed by atoms with Crippen molar-refractivity contribution in [2.75, 3.05) is 27.4 Å². The van der Waals surface area contributed by atoms with Crippen molar-refractivity contribution in [3.63, 3.8) is 0 Å². The molecule has 2 rings (SSSR count). The van der Waals surface area contributed by atoms with E-state index in [4.69, 9.17) is 19.3 Å². The minimum absolute atomic E-state index is 0.0293. The SMILES string of the molecule is COc1cc(OC)cc(-c2nc(C)c(C(=O)OCCO)s2)c1. The Kier molecular flexibility index (Phi) is 5.35. The van der Waals surface area contributed by atoms with Gasteiger partial charge in [0.15, 0.2) is 0 Å². The number of ether oxygens (including phenoxy) is 3. The molecule has 7 heteroatoms. The van der Waals surface area contributed by atoms with Crippen LogP contribution in [0.15, 0.2) is 18.2 Å². The Morgan fingerprint density at radius 2 is 1.86 bits per heavy atom. The lowest BCUT2D eigenvalue weighted by atomic mass is 10.2. The molecule has 0 saturated carbocycles. The molecule has 0 amide bonds. The van der Waals surface area contributed by atoms with Gasteiger partial charge in [-0.2, -0.15) is 0 Å². The first-order valence-corrected chi connectivity index (χ1v) is 7.39. The molecule has 0 aliphatic heterocycles. The highest BCUT2D eigenvalue weighted by atomic mass is 32.1. The number of rotatable bonds is 6. The molecule has 1 aromatic heterocycles. The molecule has 118 valence electrons. The molecular formula is C15H17NO5S. The normalized spacial score (nSPS) is 10.4. The van der Waals surface area contributed by atoms with E-state index in [1.165, 1.54) is 11.3 Å². The number of aliphatic hydroxyl groups excluding tert-OH is 1. The quantitative estimate of drug-likeness (QED) is 0.822. The van der Waals surface area contributed by atoms with E-state index in [1.54, 1.807) is 27.2 Å². The first-order valence-electron chi connectivity index (χ1n) is 6.58. The number of aryl methyl sites for hydroxylation is 1. The first kappa shape index (κ1) is 16.3. The van der Waals surface area contributed by atoms with Crippen molar-refractivity contribution in [3.05, 3.63) is 28.8 Å². The van der Waals surface area contributed by atoms with Gasteiger partial charge in [-0.3, -0.25) is 0 Å². The molecule has 0 fully saturated rings. The summed E-state index contributed by atoms with van der Waals surface area (Å²) >= 11 is 1.23. The van der Waals surface area contributed by atoms with Gasteiger partial charge in [0.05, 0.1) is 26.5 Å². The maximum atomic E-state index is 11.9. The number of nitrogens with zero attached hydrogens (tertiary/aromatic N) is 1. The lowest BCUT2D eigenvalue weighted by Crippen LogP contribution is -2.08. The van der Waals surface area contributed by atoms with Gasteiger partial charge in [0, 0.05) is 11.6 Å². The maximum absolute atomic E-state index is 11.9. The number of hydrogen-bond donors (Lipinski definition) is 1. The van der Waals surface area contributed by atoms with E-state index in [-0.39, 0.29) is 13.2 Å². The van der Waals surface area contributed by atoms with Crippen LogP contribution in [0.5, 0.6) is 11.5 Å². The Morgan fingerprint density at radius 1 is 1.23 bits per heavy atom. The van der Waals surface area contributed by atoms with Crippen LogP contribution in [0.25, 0.3) is 10.6 Å². The fourth-order valence-electron chi connectivity index (χ4n) is 1.84. The molecule has 0 aliphatic rings. The van der Waals surface area contributed by atoms with E-state index in [0.29, 0.717) is 27.1 Å². The van der Waals surface area contributed by atoms with Crippen LogP contribution < -0.4 is 9.47 Å².